The van der Waals surface area contributed by atoms with Gasteiger partial charge in [0, 0.05) is 32.7 Å². The molecule has 116 valence electrons. The van der Waals surface area contributed by atoms with Crippen molar-refractivity contribution in [3.8, 4) is 0 Å². The first-order valence-corrected chi connectivity index (χ1v) is 7.51. The minimum atomic E-state index is -0.452. The minimum Gasteiger partial charge on any atom is -0.352 e. The summed E-state index contributed by atoms with van der Waals surface area (Å²) in [4.78, 5) is 16.6. The lowest BCUT2D eigenvalue weighted by Gasteiger charge is -2.32. The van der Waals surface area contributed by atoms with Crippen LogP contribution in [-0.4, -0.2) is 62.0 Å². The van der Waals surface area contributed by atoms with Crippen molar-refractivity contribution in [2.75, 3.05) is 46.3 Å². The second kappa shape index (κ2) is 7.52. The van der Waals surface area contributed by atoms with Crippen LogP contribution in [0.5, 0.6) is 0 Å². The van der Waals surface area contributed by atoms with Gasteiger partial charge in [-0.05, 0) is 44.6 Å². The monoisotopic (exact) mass is 293 g/mol. The summed E-state index contributed by atoms with van der Waals surface area (Å²) in [5, 5.41) is 2.79. The molecule has 21 heavy (non-hydrogen) atoms. The van der Waals surface area contributed by atoms with Crippen molar-refractivity contribution in [1.82, 2.24) is 15.1 Å². The molecule has 1 amide bonds. The first-order chi connectivity index (χ1) is 10.1. The molecule has 0 spiro atoms. The lowest BCUT2D eigenvalue weighted by molar-refractivity contribution is 0.0945. The van der Waals surface area contributed by atoms with Crippen molar-refractivity contribution in [3.05, 3.63) is 35.1 Å². The van der Waals surface area contributed by atoms with Gasteiger partial charge in [-0.25, -0.2) is 4.39 Å². The fourth-order valence-corrected chi connectivity index (χ4v) is 2.48. The largest absolute Gasteiger partial charge is 0.352 e. The van der Waals surface area contributed by atoms with Gasteiger partial charge in [0.25, 0.3) is 5.91 Å². The van der Waals surface area contributed by atoms with Gasteiger partial charge in [0.2, 0.25) is 0 Å². The Morgan fingerprint density at radius 3 is 2.67 bits per heavy atom. The molecule has 0 bridgehead atoms. The first-order valence-electron chi connectivity index (χ1n) is 7.51. The van der Waals surface area contributed by atoms with Crippen LogP contribution in [0.4, 0.5) is 4.39 Å². The van der Waals surface area contributed by atoms with Gasteiger partial charge in [-0.2, -0.15) is 0 Å². The zero-order valence-corrected chi connectivity index (χ0v) is 12.9. The van der Waals surface area contributed by atoms with Crippen LogP contribution < -0.4 is 5.32 Å². The summed E-state index contributed by atoms with van der Waals surface area (Å²) >= 11 is 0. The molecule has 0 atom stereocenters. The van der Waals surface area contributed by atoms with E-state index in [-0.39, 0.29) is 11.5 Å². The Morgan fingerprint density at radius 1 is 1.29 bits per heavy atom. The highest BCUT2D eigenvalue weighted by Gasteiger charge is 2.14. The number of piperazine rings is 1. The SMILES string of the molecule is Cc1ccc(C(=O)NCCCN2CCN(C)CC2)c(F)c1. The first kappa shape index (κ1) is 15.9. The van der Waals surface area contributed by atoms with Gasteiger partial charge < -0.3 is 15.1 Å². The maximum absolute atomic E-state index is 13.7. The molecule has 5 heteroatoms. The Morgan fingerprint density at radius 2 is 2.00 bits per heavy atom. The number of amides is 1. The Labute approximate surface area is 125 Å². The van der Waals surface area contributed by atoms with Gasteiger partial charge in [-0.1, -0.05) is 6.07 Å². The lowest BCUT2D eigenvalue weighted by atomic mass is 10.1. The average Bonchev–Trinajstić information content (AvgIpc) is 2.45. The third-order valence-corrected chi connectivity index (χ3v) is 3.90. The number of nitrogens with zero attached hydrogens (tertiary/aromatic N) is 2. The quantitative estimate of drug-likeness (QED) is 0.836. The van der Waals surface area contributed by atoms with Gasteiger partial charge in [0.1, 0.15) is 5.82 Å². The van der Waals surface area contributed by atoms with E-state index in [4.69, 9.17) is 0 Å². The summed E-state index contributed by atoms with van der Waals surface area (Å²) < 4.78 is 13.7. The van der Waals surface area contributed by atoms with Crippen LogP contribution in [-0.2, 0) is 0 Å². The summed E-state index contributed by atoms with van der Waals surface area (Å²) in [6, 6.07) is 4.68. The van der Waals surface area contributed by atoms with E-state index in [9.17, 15) is 9.18 Å². The zero-order valence-electron chi connectivity index (χ0n) is 12.9. The van der Waals surface area contributed by atoms with Crippen LogP contribution >= 0.6 is 0 Å². The van der Waals surface area contributed by atoms with Crippen molar-refractivity contribution in [1.29, 1.82) is 0 Å². The average molecular weight is 293 g/mol. The summed E-state index contributed by atoms with van der Waals surface area (Å²) in [5.74, 6) is -0.780. The number of carbonyl (C=O) groups excluding carboxylic acids is 1. The predicted molar refractivity (Wildman–Crippen MR) is 82.0 cm³/mol. The molecule has 0 unspecified atom stereocenters. The molecule has 1 aromatic rings. The zero-order chi connectivity index (χ0) is 15.2. The highest BCUT2D eigenvalue weighted by atomic mass is 19.1. The van der Waals surface area contributed by atoms with E-state index in [1.54, 1.807) is 19.1 Å². The molecule has 1 fully saturated rings. The van der Waals surface area contributed by atoms with Crippen LogP contribution in [0.25, 0.3) is 0 Å². The summed E-state index contributed by atoms with van der Waals surface area (Å²) in [5.41, 5.74) is 0.944. The van der Waals surface area contributed by atoms with Gasteiger partial charge in [0.05, 0.1) is 5.56 Å². The molecule has 2 rings (SSSR count). The van der Waals surface area contributed by atoms with E-state index in [1.165, 1.54) is 6.07 Å². The van der Waals surface area contributed by atoms with E-state index in [0.29, 0.717) is 6.54 Å². The highest BCUT2D eigenvalue weighted by Crippen LogP contribution is 2.09. The van der Waals surface area contributed by atoms with Crippen molar-refractivity contribution in [3.63, 3.8) is 0 Å². The van der Waals surface area contributed by atoms with Crippen LogP contribution in [0.15, 0.2) is 18.2 Å². The maximum Gasteiger partial charge on any atom is 0.254 e. The molecular formula is C16H24FN3O. The van der Waals surface area contributed by atoms with E-state index >= 15 is 0 Å². The normalized spacial score (nSPS) is 16.9. The number of hydrogen-bond donors (Lipinski definition) is 1. The standard InChI is InChI=1S/C16H24FN3O/c1-13-4-5-14(15(17)12-13)16(21)18-6-3-7-20-10-8-19(2)9-11-20/h4-5,12H,3,6-11H2,1-2H3,(H,18,21). The number of aryl methyl sites for hydroxylation is 1. The number of carbonyl (C=O) groups is 1. The summed E-state index contributed by atoms with van der Waals surface area (Å²) in [7, 11) is 2.13. The molecule has 1 aliphatic heterocycles. The van der Waals surface area contributed by atoms with Crippen LogP contribution in [0.1, 0.15) is 22.3 Å². The molecule has 1 heterocycles. The van der Waals surface area contributed by atoms with Crippen molar-refractivity contribution >= 4 is 5.91 Å². The third-order valence-electron chi connectivity index (χ3n) is 3.90. The Kier molecular flexibility index (Phi) is 5.70. The number of halogens is 1. The van der Waals surface area contributed by atoms with Gasteiger partial charge in [0.15, 0.2) is 0 Å². The molecule has 0 aromatic heterocycles. The summed E-state index contributed by atoms with van der Waals surface area (Å²) in [6.45, 7) is 7.72. The molecule has 0 radical (unpaired) electrons. The Hall–Kier alpha value is -1.46. The molecule has 0 saturated carbocycles. The van der Waals surface area contributed by atoms with E-state index in [1.807, 2.05) is 0 Å². The van der Waals surface area contributed by atoms with Crippen LogP contribution in [0.3, 0.4) is 0 Å². The molecule has 1 N–H and O–H groups in total. The van der Waals surface area contributed by atoms with E-state index < -0.39 is 5.82 Å². The van der Waals surface area contributed by atoms with Gasteiger partial charge in [-0.3, -0.25) is 4.79 Å². The second-order valence-corrected chi connectivity index (χ2v) is 5.74. The number of benzene rings is 1. The Bertz CT molecular complexity index is 484. The minimum absolute atomic E-state index is 0.125. The lowest BCUT2D eigenvalue weighted by Crippen LogP contribution is -2.45. The van der Waals surface area contributed by atoms with Crippen LogP contribution in [0.2, 0.25) is 0 Å². The third kappa shape index (κ3) is 4.79. The Balaban J connectivity index is 1.69. The fraction of sp³-hybridized carbons (Fsp3) is 0.562. The number of likely N-dealkylation sites (N-methyl/N-ethyl adjacent to an activating group) is 1. The smallest absolute Gasteiger partial charge is 0.254 e. The summed E-state index contributed by atoms with van der Waals surface area (Å²) in [6.07, 6.45) is 0.892. The predicted octanol–water partition coefficient (Wildman–Crippen LogP) is 1.50. The highest BCUT2D eigenvalue weighted by molar-refractivity contribution is 5.94. The second-order valence-electron chi connectivity index (χ2n) is 5.74. The van der Waals surface area contributed by atoms with E-state index in [0.717, 1.165) is 44.7 Å². The fourth-order valence-electron chi connectivity index (χ4n) is 2.48. The molecular weight excluding hydrogens is 269 g/mol. The van der Waals surface area contributed by atoms with Gasteiger partial charge >= 0.3 is 0 Å². The number of rotatable bonds is 5. The molecule has 0 aliphatic carbocycles. The molecule has 1 aromatic carbocycles. The molecule has 1 saturated heterocycles. The van der Waals surface area contributed by atoms with Gasteiger partial charge in [-0.15, -0.1) is 0 Å². The van der Waals surface area contributed by atoms with Crippen LogP contribution in [0, 0.1) is 12.7 Å². The molecule has 1 aliphatic rings. The molecule has 4 nitrogen and oxygen atoms in total. The van der Waals surface area contributed by atoms with Crippen molar-refractivity contribution in [2.45, 2.75) is 13.3 Å². The van der Waals surface area contributed by atoms with E-state index in [2.05, 4.69) is 22.2 Å². The van der Waals surface area contributed by atoms with Crippen molar-refractivity contribution in [2.24, 2.45) is 0 Å². The van der Waals surface area contributed by atoms with Crippen molar-refractivity contribution < 1.29 is 9.18 Å². The maximum atomic E-state index is 13.7. The topological polar surface area (TPSA) is 35.6 Å². The number of hydrogen-bond acceptors (Lipinski definition) is 3. The number of nitrogens with one attached hydrogen (secondary N) is 1.